The molecule has 1 saturated heterocycles. The van der Waals surface area contributed by atoms with E-state index >= 15 is 0 Å². The van der Waals surface area contributed by atoms with Crippen molar-refractivity contribution in [3.05, 3.63) is 0 Å². The van der Waals surface area contributed by atoms with Crippen molar-refractivity contribution < 1.29 is 5.11 Å². The van der Waals surface area contributed by atoms with Crippen molar-refractivity contribution in [2.75, 3.05) is 26.7 Å². The van der Waals surface area contributed by atoms with E-state index in [0.717, 1.165) is 18.9 Å². The average molecular weight is 259 g/mol. The molecule has 0 radical (unpaired) electrons. The standard InChI is InChI=1S/C13H27N.C2H6.CH4O/c1-11(2)13(4,5)10-14-8-6-12(3)7-9-14;2*1-2/h11-12H,6-10H2,1-5H3;1-2H3;2H,1H3. The summed E-state index contributed by atoms with van der Waals surface area (Å²) < 4.78 is 0. The highest BCUT2D eigenvalue weighted by atomic mass is 16.2. The van der Waals surface area contributed by atoms with Crippen molar-refractivity contribution in [3.8, 4) is 0 Å². The number of nitrogens with zero attached hydrogens (tertiary/aromatic N) is 1. The first-order chi connectivity index (χ1) is 8.42. The van der Waals surface area contributed by atoms with Gasteiger partial charge in [0.15, 0.2) is 0 Å². The molecule has 1 aliphatic rings. The number of aliphatic hydroxyl groups is 1. The van der Waals surface area contributed by atoms with E-state index in [1.54, 1.807) is 0 Å². The predicted octanol–water partition coefficient (Wildman–Crippen LogP) is 4.04. The SMILES string of the molecule is CC.CC1CCN(CC(C)(C)C(C)C)CC1.CO. The molecule has 1 heterocycles. The van der Waals surface area contributed by atoms with Gasteiger partial charge in [-0.1, -0.05) is 48.5 Å². The van der Waals surface area contributed by atoms with E-state index in [1.807, 2.05) is 13.8 Å². The largest absolute Gasteiger partial charge is 0.400 e. The smallest absolute Gasteiger partial charge is 0.0319 e. The molecule has 0 amide bonds. The number of likely N-dealkylation sites (tertiary alicyclic amines) is 1. The lowest BCUT2D eigenvalue weighted by Crippen LogP contribution is -2.41. The third-order valence-electron chi connectivity index (χ3n) is 4.07. The molecular weight excluding hydrogens is 222 g/mol. The summed E-state index contributed by atoms with van der Waals surface area (Å²) in [7, 11) is 1.00. The Morgan fingerprint density at radius 1 is 1.11 bits per heavy atom. The van der Waals surface area contributed by atoms with Crippen LogP contribution < -0.4 is 0 Å². The topological polar surface area (TPSA) is 23.5 Å². The van der Waals surface area contributed by atoms with Crippen molar-refractivity contribution in [2.45, 2.75) is 61.3 Å². The minimum absolute atomic E-state index is 0.473. The Morgan fingerprint density at radius 3 is 1.83 bits per heavy atom. The Labute approximate surface area is 116 Å². The molecule has 2 nitrogen and oxygen atoms in total. The van der Waals surface area contributed by atoms with Gasteiger partial charge >= 0.3 is 0 Å². The summed E-state index contributed by atoms with van der Waals surface area (Å²) in [5.41, 5.74) is 0.473. The Kier molecular flexibility index (Phi) is 12.2. The minimum atomic E-state index is 0.473. The fourth-order valence-corrected chi connectivity index (χ4v) is 1.98. The van der Waals surface area contributed by atoms with Crippen LogP contribution in [0.15, 0.2) is 0 Å². The maximum atomic E-state index is 7.00. The monoisotopic (exact) mass is 259 g/mol. The first kappa shape index (κ1) is 20.2. The summed E-state index contributed by atoms with van der Waals surface area (Å²) in [4.78, 5) is 2.65. The summed E-state index contributed by atoms with van der Waals surface area (Å²) in [6.45, 7) is 19.8. The van der Waals surface area contributed by atoms with Crippen LogP contribution in [0.3, 0.4) is 0 Å². The number of piperidine rings is 1. The van der Waals surface area contributed by atoms with E-state index in [-0.39, 0.29) is 0 Å². The van der Waals surface area contributed by atoms with Crippen LogP contribution in [0.4, 0.5) is 0 Å². The first-order valence-electron chi connectivity index (χ1n) is 7.59. The number of aliphatic hydroxyl groups excluding tert-OH is 1. The molecule has 0 bridgehead atoms. The summed E-state index contributed by atoms with van der Waals surface area (Å²) in [6.07, 6.45) is 2.79. The van der Waals surface area contributed by atoms with Crippen molar-refractivity contribution in [2.24, 2.45) is 17.3 Å². The van der Waals surface area contributed by atoms with Gasteiger partial charge in [0.05, 0.1) is 0 Å². The minimum Gasteiger partial charge on any atom is -0.400 e. The van der Waals surface area contributed by atoms with Crippen molar-refractivity contribution >= 4 is 0 Å². The van der Waals surface area contributed by atoms with Gasteiger partial charge in [-0.3, -0.25) is 0 Å². The second-order valence-electron chi connectivity index (χ2n) is 6.10. The maximum absolute atomic E-state index is 7.00. The third-order valence-corrected chi connectivity index (χ3v) is 4.07. The van der Waals surface area contributed by atoms with Crippen molar-refractivity contribution in [1.29, 1.82) is 0 Å². The normalized spacial score (nSPS) is 17.7. The molecule has 1 fully saturated rings. The summed E-state index contributed by atoms with van der Waals surface area (Å²) in [6, 6.07) is 0. The van der Waals surface area contributed by atoms with Gasteiger partial charge in [0.25, 0.3) is 0 Å². The second kappa shape index (κ2) is 10.8. The van der Waals surface area contributed by atoms with Crippen LogP contribution in [0.5, 0.6) is 0 Å². The van der Waals surface area contributed by atoms with Crippen LogP contribution in [-0.2, 0) is 0 Å². The van der Waals surface area contributed by atoms with E-state index in [2.05, 4.69) is 39.5 Å². The summed E-state index contributed by atoms with van der Waals surface area (Å²) in [5, 5.41) is 7.00. The Balaban J connectivity index is 0. The zero-order valence-corrected chi connectivity index (χ0v) is 14.1. The fourth-order valence-electron chi connectivity index (χ4n) is 1.98. The molecule has 1 aliphatic heterocycles. The van der Waals surface area contributed by atoms with Gasteiger partial charge in [0.2, 0.25) is 0 Å². The first-order valence-corrected chi connectivity index (χ1v) is 7.59. The maximum Gasteiger partial charge on any atom is 0.0319 e. The van der Waals surface area contributed by atoms with Crippen LogP contribution in [0.1, 0.15) is 61.3 Å². The average Bonchev–Trinajstić information content (AvgIpc) is 2.37. The van der Waals surface area contributed by atoms with E-state index < -0.39 is 0 Å². The molecule has 0 aliphatic carbocycles. The van der Waals surface area contributed by atoms with Crippen molar-refractivity contribution in [1.82, 2.24) is 4.90 Å². The number of hydrogen-bond acceptors (Lipinski definition) is 2. The molecule has 0 unspecified atom stereocenters. The highest BCUT2D eigenvalue weighted by Gasteiger charge is 2.26. The molecule has 1 rings (SSSR count). The predicted molar refractivity (Wildman–Crippen MR) is 82.9 cm³/mol. The molecule has 0 aromatic heterocycles. The van der Waals surface area contributed by atoms with Gasteiger partial charge in [-0.05, 0) is 43.2 Å². The zero-order chi connectivity index (χ0) is 14.8. The second-order valence-corrected chi connectivity index (χ2v) is 6.10. The molecule has 0 aromatic rings. The molecule has 18 heavy (non-hydrogen) atoms. The van der Waals surface area contributed by atoms with Gasteiger partial charge in [0, 0.05) is 13.7 Å². The molecule has 0 atom stereocenters. The molecular formula is C16H37NO. The zero-order valence-electron chi connectivity index (χ0n) is 14.1. The highest BCUT2D eigenvalue weighted by molar-refractivity contribution is 4.79. The fraction of sp³-hybridized carbons (Fsp3) is 1.00. The highest BCUT2D eigenvalue weighted by Crippen LogP contribution is 2.28. The van der Waals surface area contributed by atoms with E-state index in [0.29, 0.717) is 5.41 Å². The molecule has 0 aromatic carbocycles. The van der Waals surface area contributed by atoms with E-state index in [1.165, 1.54) is 32.5 Å². The molecule has 1 N–H and O–H groups in total. The molecule has 0 spiro atoms. The molecule has 112 valence electrons. The van der Waals surface area contributed by atoms with Gasteiger partial charge in [-0.2, -0.15) is 0 Å². The van der Waals surface area contributed by atoms with Crippen LogP contribution in [-0.4, -0.2) is 36.8 Å². The summed E-state index contributed by atoms with van der Waals surface area (Å²) >= 11 is 0. The van der Waals surface area contributed by atoms with Gasteiger partial charge in [-0.25, -0.2) is 0 Å². The van der Waals surface area contributed by atoms with Crippen LogP contribution in [0.2, 0.25) is 0 Å². The van der Waals surface area contributed by atoms with Gasteiger partial charge in [-0.15, -0.1) is 0 Å². The molecule has 2 heteroatoms. The Bertz CT molecular complexity index is 170. The van der Waals surface area contributed by atoms with Gasteiger partial charge in [0.1, 0.15) is 0 Å². The number of hydrogen-bond donors (Lipinski definition) is 1. The van der Waals surface area contributed by atoms with Crippen LogP contribution >= 0.6 is 0 Å². The van der Waals surface area contributed by atoms with E-state index in [4.69, 9.17) is 5.11 Å². The lowest BCUT2D eigenvalue weighted by atomic mass is 9.80. The number of rotatable bonds is 3. The summed E-state index contributed by atoms with van der Waals surface area (Å²) in [5.74, 6) is 1.73. The van der Waals surface area contributed by atoms with Gasteiger partial charge < -0.3 is 10.0 Å². The van der Waals surface area contributed by atoms with Crippen LogP contribution in [0, 0.1) is 17.3 Å². The van der Waals surface area contributed by atoms with Crippen LogP contribution in [0.25, 0.3) is 0 Å². The van der Waals surface area contributed by atoms with Crippen molar-refractivity contribution in [3.63, 3.8) is 0 Å². The molecule has 0 saturated carbocycles. The lowest BCUT2D eigenvalue weighted by Gasteiger charge is -2.38. The Morgan fingerprint density at radius 2 is 1.50 bits per heavy atom. The van der Waals surface area contributed by atoms with E-state index in [9.17, 15) is 0 Å². The lowest BCUT2D eigenvalue weighted by molar-refractivity contribution is 0.103. The third kappa shape index (κ3) is 8.10. The Hall–Kier alpha value is -0.0800. The quantitative estimate of drug-likeness (QED) is 0.827.